The minimum Gasteiger partial charge on any atom is -0.409 e. The average Bonchev–Trinajstić information content (AvgIpc) is 1.88. The molecule has 0 saturated heterocycles. The Morgan fingerprint density at radius 2 is 2.10 bits per heavy atom. The molecule has 10 heavy (non-hydrogen) atoms. The number of aryl methyl sites for hydroxylation is 1. The molecule has 0 aromatic heterocycles. The van der Waals surface area contributed by atoms with Crippen molar-refractivity contribution in [3.63, 3.8) is 0 Å². The molecule has 1 aromatic rings. The molecule has 1 rings (SSSR count). The van der Waals surface area contributed by atoms with Crippen LogP contribution in [0, 0.1) is 6.92 Å². The zero-order valence-electron chi connectivity index (χ0n) is 5.79. The molecule has 0 unspecified atom stereocenters. The van der Waals surface area contributed by atoms with Gasteiger partial charge in [-0.3, -0.25) is 0 Å². The third kappa shape index (κ3) is 1.19. The van der Waals surface area contributed by atoms with E-state index < -0.39 is 0 Å². The highest BCUT2D eigenvalue weighted by molar-refractivity contribution is 5.53. The summed E-state index contributed by atoms with van der Waals surface area (Å²) in [5, 5.41) is 0. The highest BCUT2D eigenvalue weighted by Gasteiger charge is 1.96. The molecule has 4 N–H and O–H groups in total. The average molecular weight is 138 g/mol. The Hall–Kier alpha value is -1.22. The number of hydrogen-bond donors (Lipinski definition) is 2. The maximum absolute atomic E-state index is 5.53. The van der Waals surface area contributed by atoms with Crippen molar-refractivity contribution >= 4 is 5.69 Å². The Bertz CT molecular complexity index is 235. The molecule has 0 heterocycles. The number of anilines is 1. The van der Waals surface area contributed by atoms with E-state index in [0.29, 0.717) is 11.4 Å². The van der Waals surface area contributed by atoms with Gasteiger partial charge in [0.1, 0.15) is 0 Å². The molecule has 3 heteroatoms. The fraction of sp³-hybridized carbons (Fsp3) is 0.143. The standard InChI is InChI=1S/C7H10N2O/c1-5-2-3-7(10-9)6(8)4-5/h2-4H,8-9H2,1H3. The van der Waals surface area contributed by atoms with Crippen molar-refractivity contribution in [2.75, 3.05) is 5.73 Å². The summed E-state index contributed by atoms with van der Waals surface area (Å²) in [7, 11) is 0. The van der Waals surface area contributed by atoms with Crippen LogP contribution in [0.15, 0.2) is 18.2 Å². The maximum atomic E-state index is 5.53. The van der Waals surface area contributed by atoms with Gasteiger partial charge < -0.3 is 10.6 Å². The van der Waals surface area contributed by atoms with Crippen LogP contribution in [0.25, 0.3) is 0 Å². The molecule has 0 spiro atoms. The van der Waals surface area contributed by atoms with Crippen LogP contribution in [0.5, 0.6) is 5.75 Å². The Kier molecular flexibility index (Phi) is 1.78. The van der Waals surface area contributed by atoms with Crippen molar-refractivity contribution < 1.29 is 4.84 Å². The van der Waals surface area contributed by atoms with Gasteiger partial charge in [-0.1, -0.05) is 6.07 Å². The van der Waals surface area contributed by atoms with Gasteiger partial charge >= 0.3 is 0 Å². The third-order valence-corrected chi connectivity index (χ3v) is 1.29. The Labute approximate surface area is 59.5 Å². The predicted octanol–water partition coefficient (Wildman–Crippen LogP) is 0.830. The topological polar surface area (TPSA) is 61.3 Å². The molecule has 0 saturated carbocycles. The number of nitrogens with two attached hydrogens (primary N) is 2. The van der Waals surface area contributed by atoms with Crippen LogP contribution >= 0.6 is 0 Å². The van der Waals surface area contributed by atoms with Crippen molar-refractivity contribution in [3.05, 3.63) is 23.8 Å². The Morgan fingerprint density at radius 1 is 1.40 bits per heavy atom. The van der Waals surface area contributed by atoms with E-state index in [1.807, 2.05) is 19.1 Å². The largest absolute Gasteiger partial charge is 0.409 e. The quantitative estimate of drug-likeness (QED) is 0.446. The lowest BCUT2D eigenvalue weighted by molar-refractivity contribution is 0.336. The van der Waals surface area contributed by atoms with Gasteiger partial charge in [0.25, 0.3) is 0 Å². The van der Waals surface area contributed by atoms with Crippen LogP contribution in [0.2, 0.25) is 0 Å². The van der Waals surface area contributed by atoms with Crippen molar-refractivity contribution in [1.29, 1.82) is 0 Å². The highest BCUT2D eigenvalue weighted by Crippen LogP contribution is 2.20. The van der Waals surface area contributed by atoms with E-state index in [0.717, 1.165) is 5.56 Å². The molecular formula is C7H10N2O. The number of benzene rings is 1. The first-order valence-electron chi connectivity index (χ1n) is 2.97. The first kappa shape index (κ1) is 6.89. The molecule has 54 valence electrons. The Balaban J connectivity index is 3.07. The zero-order valence-corrected chi connectivity index (χ0v) is 5.79. The molecule has 0 aliphatic heterocycles. The summed E-state index contributed by atoms with van der Waals surface area (Å²) < 4.78 is 0. The molecule has 0 atom stereocenters. The highest BCUT2D eigenvalue weighted by atomic mass is 16.6. The van der Waals surface area contributed by atoms with Gasteiger partial charge in [0.15, 0.2) is 5.75 Å². The summed E-state index contributed by atoms with van der Waals surface area (Å²) in [4.78, 5) is 4.47. The lowest BCUT2D eigenvalue weighted by Crippen LogP contribution is -2.04. The van der Waals surface area contributed by atoms with Crippen LogP contribution < -0.4 is 16.5 Å². The zero-order chi connectivity index (χ0) is 7.56. The lowest BCUT2D eigenvalue weighted by Gasteiger charge is -2.02. The monoisotopic (exact) mass is 138 g/mol. The van der Waals surface area contributed by atoms with E-state index in [4.69, 9.17) is 11.6 Å². The smallest absolute Gasteiger partial charge is 0.169 e. The molecular weight excluding hydrogens is 128 g/mol. The van der Waals surface area contributed by atoms with Crippen molar-refractivity contribution in [2.24, 2.45) is 5.90 Å². The Morgan fingerprint density at radius 3 is 2.60 bits per heavy atom. The molecule has 0 fully saturated rings. The first-order valence-corrected chi connectivity index (χ1v) is 2.97. The number of hydrogen-bond acceptors (Lipinski definition) is 3. The van der Waals surface area contributed by atoms with Gasteiger partial charge in [-0.25, -0.2) is 0 Å². The van der Waals surface area contributed by atoms with E-state index >= 15 is 0 Å². The van der Waals surface area contributed by atoms with E-state index in [1.54, 1.807) is 6.07 Å². The molecule has 0 amide bonds. The molecule has 0 radical (unpaired) electrons. The summed E-state index contributed by atoms with van der Waals surface area (Å²) in [6.45, 7) is 1.96. The van der Waals surface area contributed by atoms with Gasteiger partial charge in [0.2, 0.25) is 0 Å². The van der Waals surface area contributed by atoms with Crippen molar-refractivity contribution in [1.82, 2.24) is 0 Å². The predicted molar refractivity (Wildman–Crippen MR) is 40.4 cm³/mol. The van der Waals surface area contributed by atoms with Crippen molar-refractivity contribution in [2.45, 2.75) is 6.92 Å². The fourth-order valence-corrected chi connectivity index (χ4v) is 0.775. The normalized spacial score (nSPS) is 9.40. The van der Waals surface area contributed by atoms with E-state index in [1.165, 1.54) is 0 Å². The second-order valence-corrected chi connectivity index (χ2v) is 2.16. The van der Waals surface area contributed by atoms with Crippen LogP contribution in [-0.4, -0.2) is 0 Å². The van der Waals surface area contributed by atoms with Crippen LogP contribution in [0.4, 0.5) is 5.69 Å². The second-order valence-electron chi connectivity index (χ2n) is 2.16. The number of rotatable bonds is 1. The molecule has 0 aliphatic carbocycles. The van der Waals surface area contributed by atoms with Crippen LogP contribution in [0.1, 0.15) is 5.56 Å². The molecule has 0 aliphatic rings. The molecule has 0 bridgehead atoms. The summed E-state index contributed by atoms with van der Waals surface area (Å²) >= 11 is 0. The van der Waals surface area contributed by atoms with Crippen LogP contribution in [0.3, 0.4) is 0 Å². The second kappa shape index (κ2) is 2.58. The van der Waals surface area contributed by atoms with Gasteiger partial charge in [-0.05, 0) is 24.6 Å². The SMILES string of the molecule is Cc1ccc(ON)c(N)c1. The van der Waals surface area contributed by atoms with E-state index in [2.05, 4.69) is 4.84 Å². The number of nitrogen functional groups attached to an aromatic ring is 1. The molecule has 3 nitrogen and oxygen atoms in total. The summed E-state index contributed by atoms with van der Waals surface area (Å²) in [5.41, 5.74) is 7.19. The van der Waals surface area contributed by atoms with Gasteiger partial charge in [0, 0.05) is 0 Å². The third-order valence-electron chi connectivity index (χ3n) is 1.29. The maximum Gasteiger partial charge on any atom is 0.169 e. The first-order chi connectivity index (χ1) is 4.74. The van der Waals surface area contributed by atoms with Gasteiger partial charge in [-0.15, -0.1) is 0 Å². The summed E-state index contributed by atoms with van der Waals surface area (Å²) in [6.07, 6.45) is 0. The molecule has 1 aromatic carbocycles. The van der Waals surface area contributed by atoms with E-state index in [9.17, 15) is 0 Å². The minimum atomic E-state index is 0.519. The van der Waals surface area contributed by atoms with Gasteiger partial charge in [0.05, 0.1) is 5.69 Å². The van der Waals surface area contributed by atoms with E-state index in [-0.39, 0.29) is 0 Å². The van der Waals surface area contributed by atoms with Gasteiger partial charge in [-0.2, -0.15) is 5.90 Å². The lowest BCUT2D eigenvalue weighted by atomic mass is 10.2. The van der Waals surface area contributed by atoms with Crippen molar-refractivity contribution in [3.8, 4) is 5.75 Å². The summed E-state index contributed by atoms with van der Waals surface area (Å²) in [5.74, 6) is 5.44. The minimum absolute atomic E-state index is 0.519. The summed E-state index contributed by atoms with van der Waals surface area (Å²) in [6, 6.07) is 5.44. The van der Waals surface area contributed by atoms with Crippen LogP contribution in [-0.2, 0) is 0 Å². The fourth-order valence-electron chi connectivity index (χ4n) is 0.775.